The number of nitrogens with zero attached hydrogens (tertiary/aromatic N) is 6. The highest BCUT2D eigenvalue weighted by molar-refractivity contribution is 6.30. The van der Waals surface area contributed by atoms with Crippen molar-refractivity contribution in [2.45, 2.75) is 13.0 Å². The number of hydrogen-bond donors (Lipinski definition) is 2. The topological polar surface area (TPSA) is 137 Å². The van der Waals surface area contributed by atoms with Crippen LogP contribution in [0.3, 0.4) is 0 Å². The molecule has 4 heterocycles. The van der Waals surface area contributed by atoms with Gasteiger partial charge in [-0.15, -0.1) is 5.10 Å². The predicted molar refractivity (Wildman–Crippen MR) is 124 cm³/mol. The van der Waals surface area contributed by atoms with Crippen LogP contribution in [0.5, 0.6) is 0 Å². The number of carbonyl (C=O) groups excluding carboxylic acids is 2. The SMILES string of the molecule is C[C@@H](OC(=O)Nc1c(-c2ccc(NC(=O)c3ccc(F)nc3)cn2)nnn1C)c1cc(F)cnc1Cl. The van der Waals surface area contributed by atoms with E-state index in [0.29, 0.717) is 11.4 Å². The van der Waals surface area contributed by atoms with Crippen LogP contribution in [0.1, 0.15) is 28.9 Å². The molecule has 2 N–H and O–H groups in total. The van der Waals surface area contributed by atoms with Crippen molar-refractivity contribution < 1.29 is 23.1 Å². The number of halogens is 3. The molecule has 4 aromatic heterocycles. The molecule has 0 aromatic carbocycles. The van der Waals surface area contributed by atoms with Gasteiger partial charge in [-0.05, 0) is 37.3 Å². The minimum absolute atomic E-state index is 0.00617. The van der Waals surface area contributed by atoms with Crippen molar-refractivity contribution in [3.8, 4) is 11.4 Å². The molecule has 0 aliphatic rings. The van der Waals surface area contributed by atoms with Crippen LogP contribution >= 0.6 is 11.6 Å². The summed E-state index contributed by atoms with van der Waals surface area (Å²) in [6.07, 6.45) is 1.68. The molecule has 36 heavy (non-hydrogen) atoms. The zero-order chi connectivity index (χ0) is 25.8. The monoisotopic (exact) mass is 514 g/mol. The Morgan fingerprint density at radius 3 is 2.56 bits per heavy atom. The highest BCUT2D eigenvalue weighted by Gasteiger charge is 2.21. The summed E-state index contributed by atoms with van der Waals surface area (Å²) in [5.74, 6) is -1.64. The van der Waals surface area contributed by atoms with Crippen LogP contribution < -0.4 is 10.6 Å². The van der Waals surface area contributed by atoms with E-state index in [9.17, 15) is 18.4 Å². The normalized spacial score (nSPS) is 11.6. The molecule has 4 rings (SSSR count). The summed E-state index contributed by atoms with van der Waals surface area (Å²) in [5, 5.41) is 13.1. The Morgan fingerprint density at radius 2 is 1.86 bits per heavy atom. The second kappa shape index (κ2) is 10.4. The quantitative estimate of drug-likeness (QED) is 0.366. The van der Waals surface area contributed by atoms with Crippen LogP contribution in [-0.2, 0) is 11.8 Å². The highest BCUT2D eigenvalue weighted by atomic mass is 35.5. The number of carbonyl (C=O) groups is 2. The molecule has 0 fully saturated rings. The number of ether oxygens (including phenoxy) is 1. The number of amides is 2. The van der Waals surface area contributed by atoms with E-state index in [1.165, 1.54) is 23.9 Å². The lowest BCUT2D eigenvalue weighted by atomic mass is 10.2. The highest BCUT2D eigenvalue weighted by Crippen LogP contribution is 2.27. The number of aryl methyl sites for hydroxylation is 1. The molecule has 14 heteroatoms. The molecule has 1 atom stereocenters. The lowest BCUT2D eigenvalue weighted by Crippen LogP contribution is -2.19. The van der Waals surface area contributed by atoms with E-state index in [1.807, 2.05) is 0 Å². The van der Waals surface area contributed by atoms with Crippen LogP contribution in [0.15, 0.2) is 48.9 Å². The first kappa shape index (κ1) is 24.6. The molecule has 184 valence electrons. The third-order valence-corrected chi connectivity index (χ3v) is 5.17. The van der Waals surface area contributed by atoms with Gasteiger partial charge in [0.05, 0.1) is 29.3 Å². The van der Waals surface area contributed by atoms with Crippen molar-refractivity contribution in [2.75, 3.05) is 10.6 Å². The average molecular weight is 515 g/mol. The van der Waals surface area contributed by atoms with Gasteiger partial charge in [0.25, 0.3) is 5.91 Å². The fourth-order valence-corrected chi connectivity index (χ4v) is 3.32. The van der Waals surface area contributed by atoms with Crippen molar-refractivity contribution in [1.82, 2.24) is 29.9 Å². The lowest BCUT2D eigenvalue weighted by molar-refractivity contribution is 0.102. The molecule has 0 bridgehead atoms. The molecule has 0 spiro atoms. The smallest absolute Gasteiger partial charge is 0.413 e. The summed E-state index contributed by atoms with van der Waals surface area (Å²) in [7, 11) is 1.55. The maximum atomic E-state index is 13.5. The van der Waals surface area contributed by atoms with E-state index < -0.39 is 29.9 Å². The minimum Gasteiger partial charge on any atom is -0.441 e. The van der Waals surface area contributed by atoms with Gasteiger partial charge in [0.2, 0.25) is 5.95 Å². The molecule has 11 nitrogen and oxygen atoms in total. The molecule has 0 aliphatic carbocycles. The van der Waals surface area contributed by atoms with E-state index in [1.54, 1.807) is 19.2 Å². The third-order valence-electron chi connectivity index (χ3n) is 4.86. The summed E-state index contributed by atoms with van der Waals surface area (Å²) in [4.78, 5) is 36.2. The Morgan fingerprint density at radius 1 is 1.06 bits per heavy atom. The maximum Gasteiger partial charge on any atom is 0.413 e. The number of nitrogens with one attached hydrogen (secondary N) is 2. The van der Waals surface area contributed by atoms with Crippen LogP contribution in [0.4, 0.5) is 25.1 Å². The fraction of sp³-hybridized carbons (Fsp3) is 0.136. The number of rotatable bonds is 6. The lowest BCUT2D eigenvalue weighted by Gasteiger charge is -2.15. The van der Waals surface area contributed by atoms with Gasteiger partial charge < -0.3 is 10.1 Å². The van der Waals surface area contributed by atoms with E-state index in [4.69, 9.17) is 16.3 Å². The summed E-state index contributed by atoms with van der Waals surface area (Å²) >= 11 is 5.97. The summed E-state index contributed by atoms with van der Waals surface area (Å²) in [6, 6.07) is 6.62. The largest absolute Gasteiger partial charge is 0.441 e. The third kappa shape index (κ3) is 5.58. The van der Waals surface area contributed by atoms with Crippen molar-refractivity contribution in [1.29, 1.82) is 0 Å². The van der Waals surface area contributed by atoms with E-state index in [0.717, 1.165) is 24.5 Å². The van der Waals surface area contributed by atoms with E-state index >= 15 is 0 Å². The molecule has 0 unspecified atom stereocenters. The molecule has 0 saturated heterocycles. The maximum absolute atomic E-state index is 13.5. The van der Waals surface area contributed by atoms with Gasteiger partial charge in [-0.25, -0.2) is 23.8 Å². The zero-order valence-corrected chi connectivity index (χ0v) is 19.5. The van der Waals surface area contributed by atoms with Crippen LogP contribution in [-0.4, -0.2) is 41.9 Å². The first-order valence-electron chi connectivity index (χ1n) is 10.3. The first-order chi connectivity index (χ1) is 17.2. The van der Waals surface area contributed by atoms with Gasteiger partial charge in [0, 0.05) is 18.8 Å². The van der Waals surface area contributed by atoms with Crippen LogP contribution in [0.2, 0.25) is 5.15 Å². The van der Waals surface area contributed by atoms with Crippen molar-refractivity contribution in [3.05, 3.63) is 77.0 Å². The Labute approximate surface area is 207 Å². The standard InChI is InChI=1S/C22H17ClF2N8O3/c1-11(15-7-13(24)9-28-19(15)23)36-22(35)30-20-18(31-32-33(20)2)16-5-4-14(10-26-16)29-21(34)12-3-6-17(25)27-8-12/h3-11H,1-2H3,(H,29,34)(H,30,35)/t11-/m1/s1. The van der Waals surface area contributed by atoms with E-state index in [2.05, 4.69) is 35.9 Å². The average Bonchev–Trinajstić information content (AvgIpc) is 3.21. The Bertz CT molecular complexity index is 1410. The summed E-state index contributed by atoms with van der Waals surface area (Å²) in [5.41, 5.74) is 1.30. The molecule has 2 amide bonds. The Hall–Kier alpha value is -4.52. The van der Waals surface area contributed by atoms with Gasteiger partial charge in [-0.3, -0.25) is 15.1 Å². The van der Waals surface area contributed by atoms with Crippen LogP contribution in [0, 0.1) is 11.8 Å². The minimum atomic E-state index is -0.900. The van der Waals surface area contributed by atoms with E-state index in [-0.39, 0.29) is 27.8 Å². The Kier molecular flexibility index (Phi) is 7.10. The van der Waals surface area contributed by atoms with Gasteiger partial charge in [-0.1, -0.05) is 16.8 Å². The Balaban J connectivity index is 1.45. The predicted octanol–water partition coefficient (Wildman–Crippen LogP) is 4.16. The number of hydrogen-bond acceptors (Lipinski definition) is 8. The molecule has 4 aromatic rings. The summed E-state index contributed by atoms with van der Waals surface area (Å²) in [6.45, 7) is 1.51. The van der Waals surface area contributed by atoms with Crippen molar-refractivity contribution in [3.63, 3.8) is 0 Å². The summed E-state index contributed by atoms with van der Waals surface area (Å²) < 4.78 is 33.0. The molecular formula is C22H17ClF2N8O3. The number of pyridine rings is 3. The van der Waals surface area contributed by atoms with Gasteiger partial charge in [0.15, 0.2) is 11.5 Å². The van der Waals surface area contributed by atoms with Gasteiger partial charge in [0.1, 0.15) is 17.1 Å². The second-order valence-electron chi connectivity index (χ2n) is 7.37. The van der Waals surface area contributed by atoms with Crippen molar-refractivity contribution in [2.24, 2.45) is 7.05 Å². The molecule has 0 saturated carbocycles. The number of anilines is 2. The molecule has 0 aliphatic heterocycles. The van der Waals surface area contributed by atoms with Gasteiger partial charge in [-0.2, -0.15) is 4.39 Å². The second-order valence-corrected chi connectivity index (χ2v) is 7.73. The van der Waals surface area contributed by atoms with Gasteiger partial charge >= 0.3 is 6.09 Å². The molecular weight excluding hydrogens is 498 g/mol. The zero-order valence-electron chi connectivity index (χ0n) is 18.7. The van der Waals surface area contributed by atoms with Crippen molar-refractivity contribution >= 4 is 35.1 Å². The molecule has 0 radical (unpaired) electrons. The fourth-order valence-electron chi connectivity index (χ4n) is 3.06. The van der Waals surface area contributed by atoms with Crippen LogP contribution in [0.25, 0.3) is 11.4 Å². The number of aromatic nitrogens is 6. The first-order valence-corrected chi connectivity index (χ1v) is 10.7.